The average molecular weight is 198 g/mol. The van der Waals surface area contributed by atoms with Gasteiger partial charge in [-0.15, -0.1) is 0 Å². The molecule has 1 rings (SSSR count). The van der Waals surface area contributed by atoms with Gasteiger partial charge in [-0.2, -0.15) is 0 Å². The topological polar surface area (TPSA) is 35.8 Å². The van der Waals surface area contributed by atoms with Crippen LogP contribution in [0, 0.1) is 0 Å². The van der Waals surface area contributed by atoms with E-state index >= 15 is 0 Å². The fourth-order valence-corrected chi connectivity index (χ4v) is 2.26. The van der Waals surface area contributed by atoms with Crippen LogP contribution in [0.3, 0.4) is 0 Å². The Kier molecular flexibility index (Phi) is 3.93. The molecule has 1 saturated heterocycles. The molecular weight excluding hydrogens is 176 g/mol. The van der Waals surface area contributed by atoms with E-state index in [-0.39, 0.29) is 5.54 Å². The Labute approximate surface area is 86.8 Å². The van der Waals surface area contributed by atoms with Crippen molar-refractivity contribution in [2.75, 3.05) is 13.1 Å². The number of oxime groups is 1. The lowest BCUT2D eigenvalue weighted by Gasteiger charge is -2.41. The molecule has 82 valence electrons. The summed E-state index contributed by atoms with van der Waals surface area (Å²) in [5, 5.41) is 12.4. The zero-order valence-electron chi connectivity index (χ0n) is 9.58. The Bertz CT molecular complexity index is 205. The number of piperidine rings is 1. The maximum atomic E-state index is 8.95. The third-order valence-corrected chi connectivity index (χ3v) is 3.31. The highest BCUT2D eigenvalue weighted by molar-refractivity contribution is 5.92. The first-order valence-electron chi connectivity index (χ1n) is 5.59. The van der Waals surface area contributed by atoms with Crippen molar-refractivity contribution in [2.24, 2.45) is 5.16 Å². The van der Waals surface area contributed by atoms with Crippen LogP contribution in [-0.2, 0) is 0 Å². The Morgan fingerprint density at radius 1 is 1.29 bits per heavy atom. The molecule has 0 atom stereocenters. The first-order valence-corrected chi connectivity index (χ1v) is 5.59. The van der Waals surface area contributed by atoms with E-state index in [9.17, 15) is 0 Å². The summed E-state index contributed by atoms with van der Waals surface area (Å²) in [5.41, 5.74) is 0.809. The van der Waals surface area contributed by atoms with E-state index in [2.05, 4.69) is 23.9 Å². The summed E-state index contributed by atoms with van der Waals surface area (Å²) in [7, 11) is 0. The molecule has 0 spiro atoms. The van der Waals surface area contributed by atoms with Gasteiger partial charge in [0.1, 0.15) is 0 Å². The highest BCUT2D eigenvalue weighted by Crippen LogP contribution is 2.23. The molecule has 0 radical (unpaired) electrons. The van der Waals surface area contributed by atoms with Gasteiger partial charge in [-0.1, -0.05) is 18.5 Å². The quantitative estimate of drug-likeness (QED) is 0.429. The zero-order chi connectivity index (χ0) is 10.6. The van der Waals surface area contributed by atoms with Gasteiger partial charge in [-0.25, -0.2) is 0 Å². The molecule has 0 aromatic rings. The molecule has 1 fully saturated rings. The predicted molar refractivity (Wildman–Crippen MR) is 59.0 cm³/mol. The molecule has 1 heterocycles. The lowest BCUT2D eigenvalue weighted by Crippen LogP contribution is -2.52. The molecule has 0 unspecified atom stereocenters. The summed E-state index contributed by atoms with van der Waals surface area (Å²) < 4.78 is 0. The number of hydrogen-bond acceptors (Lipinski definition) is 3. The fraction of sp³-hybridized carbons (Fsp3) is 0.909. The van der Waals surface area contributed by atoms with Crippen molar-refractivity contribution in [3.8, 4) is 0 Å². The Hall–Kier alpha value is -0.570. The van der Waals surface area contributed by atoms with Gasteiger partial charge >= 0.3 is 0 Å². The van der Waals surface area contributed by atoms with E-state index < -0.39 is 0 Å². The van der Waals surface area contributed by atoms with Gasteiger partial charge in [-0.3, -0.25) is 4.90 Å². The second kappa shape index (κ2) is 4.78. The van der Waals surface area contributed by atoms with Crippen molar-refractivity contribution < 1.29 is 5.21 Å². The van der Waals surface area contributed by atoms with E-state index in [1.54, 1.807) is 0 Å². The molecule has 0 aliphatic carbocycles. The summed E-state index contributed by atoms with van der Waals surface area (Å²) in [5.74, 6) is 0. The SMILES string of the molecule is CC/C(=N\O)C(C)(C)N1CCCCC1. The second-order valence-corrected chi connectivity index (χ2v) is 4.51. The van der Waals surface area contributed by atoms with Crippen LogP contribution in [0.4, 0.5) is 0 Å². The molecule has 1 aliphatic heterocycles. The maximum Gasteiger partial charge on any atom is 0.0764 e. The normalized spacial score (nSPS) is 21.2. The van der Waals surface area contributed by atoms with Crippen LogP contribution >= 0.6 is 0 Å². The smallest absolute Gasteiger partial charge is 0.0764 e. The Balaban J connectivity index is 2.71. The van der Waals surface area contributed by atoms with Gasteiger partial charge < -0.3 is 5.21 Å². The summed E-state index contributed by atoms with van der Waals surface area (Å²) in [6.45, 7) is 8.60. The molecule has 0 amide bonds. The summed E-state index contributed by atoms with van der Waals surface area (Å²) in [4.78, 5) is 2.43. The molecule has 14 heavy (non-hydrogen) atoms. The van der Waals surface area contributed by atoms with Crippen LogP contribution in [0.1, 0.15) is 46.5 Å². The summed E-state index contributed by atoms with van der Waals surface area (Å²) in [6.07, 6.45) is 4.70. The average Bonchev–Trinajstić information content (AvgIpc) is 2.20. The number of rotatable bonds is 3. The monoisotopic (exact) mass is 198 g/mol. The van der Waals surface area contributed by atoms with E-state index in [0.29, 0.717) is 0 Å². The molecule has 0 aromatic heterocycles. The lowest BCUT2D eigenvalue weighted by molar-refractivity contribution is 0.141. The number of nitrogens with zero attached hydrogens (tertiary/aromatic N) is 2. The van der Waals surface area contributed by atoms with Crippen LogP contribution < -0.4 is 0 Å². The van der Waals surface area contributed by atoms with Crippen molar-refractivity contribution in [1.29, 1.82) is 0 Å². The largest absolute Gasteiger partial charge is 0.411 e. The molecule has 0 bridgehead atoms. The van der Waals surface area contributed by atoms with Crippen molar-refractivity contribution >= 4 is 5.71 Å². The van der Waals surface area contributed by atoms with Gasteiger partial charge in [0.25, 0.3) is 0 Å². The first kappa shape index (κ1) is 11.5. The third kappa shape index (κ3) is 2.27. The highest BCUT2D eigenvalue weighted by Gasteiger charge is 2.32. The minimum atomic E-state index is -0.0794. The van der Waals surface area contributed by atoms with Crippen LogP contribution in [0.2, 0.25) is 0 Å². The van der Waals surface area contributed by atoms with E-state index in [4.69, 9.17) is 5.21 Å². The molecule has 0 saturated carbocycles. The second-order valence-electron chi connectivity index (χ2n) is 4.51. The standard InChI is InChI=1S/C11H22N2O/c1-4-10(12-14)11(2,3)13-8-6-5-7-9-13/h14H,4-9H2,1-3H3/b12-10+. The van der Waals surface area contributed by atoms with Crippen LogP contribution in [-0.4, -0.2) is 34.4 Å². The molecule has 1 aliphatic rings. The van der Waals surface area contributed by atoms with Gasteiger partial charge in [-0.05, 0) is 46.2 Å². The van der Waals surface area contributed by atoms with Crippen molar-refractivity contribution in [3.63, 3.8) is 0 Å². The minimum absolute atomic E-state index is 0.0794. The molecule has 0 aromatic carbocycles. The van der Waals surface area contributed by atoms with Gasteiger partial charge in [0.15, 0.2) is 0 Å². The Morgan fingerprint density at radius 2 is 1.86 bits per heavy atom. The third-order valence-electron chi connectivity index (χ3n) is 3.31. The van der Waals surface area contributed by atoms with Crippen LogP contribution in [0.5, 0.6) is 0 Å². The number of hydrogen-bond donors (Lipinski definition) is 1. The Morgan fingerprint density at radius 3 is 2.29 bits per heavy atom. The maximum absolute atomic E-state index is 8.95. The van der Waals surface area contributed by atoms with Crippen molar-refractivity contribution in [1.82, 2.24) is 4.90 Å². The molecule has 3 heteroatoms. The minimum Gasteiger partial charge on any atom is -0.411 e. The molecular formula is C11H22N2O. The van der Waals surface area contributed by atoms with Crippen LogP contribution in [0.15, 0.2) is 5.16 Å². The van der Waals surface area contributed by atoms with Crippen LogP contribution in [0.25, 0.3) is 0 Å². The molecule has 1 N–H and O–H groups in total. The zero-order valence-corrected chi connectivity index (χ0v) is 9.58. The van der Waals surface area contributed by atoms with E-state index in [1.165, 1.54) is 19.3 Å². The predicted octanol–water partition coefficient (Wildman–Crippen LogP) is 2.49. The summed E-state index contributed by atoms with van der Waals surface area (Å²) in [6, 6.07) is 0. The van der Waals surface area contributed by atoms with Crippen molar-refractivity contribution in [2.45, 2.75) is 52.0 Å². The molecule has 3 nitrogen and oxygen atoms in total. The lowest BCUT2D eigenvalue weighted by atomic mass is 9.91. The highest BCUT2D eigenvalue weighted by atomic mass is 16.4. The first-order chi connectivity index (χ1) is 6.62. The summed E-state index contributed by atoms with van der Waals surface area (Å²) >= 11 is 0. The number of likely N-dealkylation sites (tertiary alicyclic amines) is 1. The van der Waals surface area contributed by atoms with Gasteiger partial charge in [0, 0.05) is 0 Å². The van der Waals surface area contributed by atoms with Gasteiger partial charge in [0.05, 0.1) is 11.3 Å². The van der Waals surface area contributed by atoms with E-state index in [1.807, 2.05) is 6.92 Å². The van der Waals surface area contributed by atoms with Gasteiger partial charge in [0.2, 0.25) is 0 Å². The fourth-order valence-electron chi connectivity index (χ4n) is 2.26. The van der Waals surface area contributed by atoms with E-state index in [0.717, 1.165) is 25.2 Å². The van der Waals surface area contributed by atoms with Crippen molar-refractivity contribution in [3.05, 3.63) is 0 Å².